The summed E-state index contributed by atoms with van der Waals surface area (Å²) in [5.41, 5.74) is 0.503. The van der Waals surface area contributed by atoms with Crippen molar-refractivity contribution in [1.82, 2.24) is 0 Å². The summed E-state index contributed by atoms with van der Waals surface area (Å²) in [4.78, 5) is 10.4. The maximum Gasteiger partial charge on any atom is 0.488 e. The van der Waals surface area contributed by atoms with E-state index in [4.69, 9.17) is 21.6 Å². The van der Waals surface area contributed by atoms with Gasteiger partial charge in [-0.05, 0) is 11.5 Å². The molecule has 0 spiro atoms. The number of carbonyl (C=O) groups excluding carboxylic acids is 1. The molecule has 1 rings (SSSR count). The fraction of sp³-hybridized carbons (Fsp3) is 0. The smallest absolute Gasteiger partial charge is 0.423 e. The Morgan fingerprint density at radius 3 is 2.58 bits per heavy atom. The zero-order valence-electron chi connectivity index (χ0n) is 6.07. The summed E-state index contributed by atoms with van der Waals surface area (Å²) in [5.74, 6) is 0. The highest BCUT2D eigenvalue weighted by Gasteiger charge is 2.12. The van der Waals surface area contributed by atoms with Crippen LogP contribution in [0.2, 0.25) is 5.02 Å². The number of benzene rings is 1. The normalized spacial score (nSPS) is 9.58. The third-order valence-corrected chi connectivity index (χ3v) is 1.79. The molecule has 0 heterocycles. The van der Waals surface area contributed by atoms with E-state index in [1.54, 1.807) is 0 Å². The average molecular weight is 184 g/mol. The Morgan fingerprint density at radius 2 is 2.08 bits per heavy atom. The second kappa shape index (κ2) is 3.71. The first-order valence-corrected chi connectivity index (χ1v) is 3.63. The van der Waals surface area contributed by atoms with Crippen molar-refractivity contribution in [2.75, 3.05) is 0 Å². The van der Waals surface area contributed by atoms with Crippen LogP contribution in [0.15, 0.2) is 18.2 Å². The van der Waals surface area contributed by atoms with Crippen LogP contribution in [0.5, 0.6) is 0 Å². The lowest BCUT2D eigenvalue weighted by Crippen LogP contribution is -2.29. The van der Waals surface area contributed by atoms with Gasteiger partial charge in [0.15, 0.2) is 6.29 Å². The quantitative estimate of drug-likeness (QED) is 0.496. The van der Waals surface area contributed by atoms with E-state index in [0.717, 1.165) is 0 Å². The van der Waals surface area contributed by atoms with E-state index >= 15 is 0 Å². The van der Waals surface area contributed by atoms with Crippen LogP contribution in [0.4, 0.5) is 0 Å². The molecule has 1 aromatic rings. The fourth-order valence-electron chi connectivity index (χ4n) is 0.813. The summed E-state index contributed by atoms with van der Waals surface area (Å²) in [7, 11) is -1.57. The van der Waals surface area contributed by atoms with Crippen LogP contribution in [0.1, 0.15) is 10.4 Å². The molecule has 3 nitrogen and oxygen atoms in total. The topological polar surface area (TPSA) is 57.5 Å². The molecule has 12 heavy (non-hydrogen) atoms. The maximum atomic E-state index is 10.4. The van der Waals surface area contributed by atoms with Gasteiger partial charge in [0, 0.05) is 5.56 Å². The van der Waals surface area contributed by atoms with Gasteiger partial charge in [-0.25, -0.2) is 0 Å². The average Bonchev–Trinajstić information content (AvgIpc) is 2.05. The molecule has 0 saturated carbocycles. The number of hydrogen-bond acceptors (Lipinski definition) is 3. The van der Waals surface area contributed by atoms with Crippen LogP contribution < -0.4 is 5.46 Å². The van der Waals surface area contributed by atoms with Gasteiger partial charge in [-0.1, -0.05) is 23.7 Å². The molecule has 62 valence electrons. The SMILES string of the molecule is O=Cc1cc(B(O)O)ccc1Cl. The number of rotatable bonds is 2. The third kappa shape index (κ3) is 1.85. The second-order valence-electron chi connectivity index (χ2n) is 2.27. The Labute approximate surface area is 74.7 Å². The van der Waals surface area contributed by atoms with Crippen LogP contribution in [0, 0.1) is 0 Å². The van der Waals surface area contributed by atoms with E-state index in [2.05, 4.69) is 0 Å². The van der Waals surface area contributed by atoms with Crippen LogP contribution in [0.3, 0.4) is 0 Å². The van der Waals surface area contributed by atoms with Gasteiger partial charge >= 0.3 is 7.12 Å². The molecule has 0 aliphatic carbocycles. The van der Waals surface area contributed by atoms with Gasteiger partial charge in [0.05, 0.1) is 5.02 Å². The van der Waals surface area contributed by atoms with Crippen molar-refractivity contribution >= 4 is 30.5 Å². The van der Waals surface area contributed by atoms with Crippen molar-refractivity contribution < 1.29 is 14.8 Å². The van der Waals surface area contributed by atoms with Crippen molar-refractivity contribution in [2.24, 2.45) is 0 Å². The van der Waals surface area contributed by atoms with Crippen molar-refractivity contribution in [1.29, 1.82) is 0 Å². The molecule has 0 bridgehead atoms. The third-order valence-electron chi connectivity index (χ3n) is 1.45. The molecule has 0 radical (unpaired) electrons. The van der Waals surface area contributed by atoms with Gasteiger partial charge < -0.3 is 10.0 Å². The first kappa shape index (κ1) is 9.25. The predicted octanol–water partition coefficient (Wildman–Crippen LogP) is -0.168. The summed E-state index contributed by atoms with van der Waals surface area (Å²) >= 11 is 5.61. The summed E-state index contributed by atoms with van der Waals surface area (Å²) in [6.07, 6.45) is 0.564. The van der Waals surface area contributed by atoms with Crippen molar-refractivity contribution in [3.05, 3.63) is 28.8 Å². The highest BCUT2D eigenvalue weighted by molar-refractivity contribution is 6.58. The van der Waals surface area contributed by atoms with Crippen molar-refractivity contribution in [3.8, 4) is 0 Å². The van der Waals surface area contributed by atoms with E-state index in [9.17, 15) is 4.79 Å². The lowest BCUT2D eigenvalue weighted by atomic mass is 9.80. The van der Waals surface area contributed by atoms with Gasteiger partial charge in [-0.3, -0.25) is 4.79 Å². The molecule has 0 unspecified atom stereocenters. The number of halogens is 1. The summed E-state index contributed by atoms with van der Waals surface area (Å²) in [6, 6.07) is 4.22. The Morgan fingerprint density at radius 1 is 1.42 bits per heavy atom. The molecular weight excluding hydrogens is 178 g/mol. The van der Waals surface area contributed by atoms with Crippen LogP contribution in [0.25, 0.3) is 0 Å². The van der Waals surface area contributed by atoms with Crippen LogP contribution in [-0.4, -0.2) is 23.5 Å². The van der Waals surface area contributed by atoms with Gasteiger partial charge in [0.25, 0.3) is 0 Å². The second-order valence-corrected chi connectivity index (χ2v) is 2.68. The highest BCUT2D eigenvalue weighted by Crippen LogP contribution is 2.11. The Hall–Kier alpha value is -0.835. The van der Waals surface area contributed by atoms with Crippen molar-refractivity contribution in [3.63, 3.8) is 0 Å². The molecule has 0 aliphatic rings. The van der Waals surface area contributed by atoms with Crippen LogP contribution >= 0.6 is 11.6 Å². The number of carbonyl (C=O) groups is 1. The highest BCUT2D eigenvalue weighted by atomic mass is 35.5. The van der Waals surface area contributed by atoms with E-state index in [1.807, 2.05) is 0 Å². The molecule has 0 amide bonds. The van der Waals surface area contributed by atoms with E-state index in [0.29, 0.717) is 11.3 Å². The van der Waals surface area contributed by atoms with Gasteiger partial charge in [0.2, 0.25) is 0 Å². The largest absolute Gasteiger partial charge is 0.488 e. The number of hydrogen-bond donors (Lipinski definition) is 2. The minimum atomic E-state index is -1.57. The lowest BCUT2D eigenvalue weighted by Gasteiger charge is -2.00. The van der Waals surface area contributed by atoms with E-state index in [1.165, 1.54) is 18.2 Å². The molecule has 0 atom stereocenters. The van der Waals surface area contributed by atoms with Gasteiger partial charge in [-0.2, -0.15) is 0 Å². The molecule has 0 saturated heterocycles. The first-order chi connectivity index (χ1) is 5.65. The Kier molecular flexibility index (Phi) is 2.86. The first-order valence-electron chi connectivity index (χ1n) is 3.26. The lowest BCUT2D eigenvalue weighted by molar-refractivity contribution is 0.112. The number of aldehydes is 1. The monoisotopic (exact) mass is 184 g/mol. The minimum Gasteiger partial charge on any atom is -0.423 e. The molecule has 0 aliphatic heterocycles. The summed E-state index contributed by atoms with van der Waals surface area (Å²) in [6.45, 7) is 0. The van der Waals surface area contributed by atoms with Crippen LogP contribution in [-0.2, 0) is 0 Å². The van der Waals surface area contributed by atoms with Gasteiger partial charge in [-0.15, -0.1) is 0 Å². The standard InChI is InChI=1S/C7H6BClO3/c9-7-2-1-6(8(11)12)3-5(7)4-10/h1-4,11-12H. The van der Waals surface area contributed by atoms with E-state index < -0.39 is 7.12 Å². The minimum absolute atomic E-state index is 0.251. The molecule has 0 fully saturated rings. The molecule has 2 N–H and O–H groups in total. The zero-order valence-corrected chi connectivity index (χ0v) is 6.82. The predicted molar refractivity (Wildman–Crippen MR) is 46.7 cm³/mol. The molecular formula is C7H6BClO3. The maximum absolute atomic E-state index is 10.4. The summed E-state index contributed by atoms with van der Waals surface area (Å²) < 4.78 is 0. The Bertz CT molecular complexity index is 301. The zero-order chi connectivity index (χ0) is 9.14. The van der Waals surface area contributed by atoms with Gasteiger partial charge in [0.1, 0.15) is 0 Å². The summed E-state index contributed by atoms with van der Waals surface area (Å²) in [5, 5.41) is 17.8. The molecule has 0 aromatic heterocycles. The van der Waals surface area contributed by atoms with Crippen molar-refractivity contribution in [2.45, 2.75) is 0 Å². The fourth-order valence-corrected chi connectivity index (χ4v) is 0.975. The molecule has 5 heteroatoms. The molecule has 1 aromatic carbocycles. The Balaban J connectivity index is 3.13. The van der Waals surface area contributed by atoms with E-state index in [-0.39, 0.29) is 11.0 Å².